The first-order valence-corrected chi connectivity index (χ1v) is 5.00. The van der Waals surface area contributed by atoms with Crippen LogP contribution in [-0.2, 0) is 0 Å². The number of hydrogen-bond donors (Lipinski definition) is 1. The molecule has 0 bridgehead atoms. The van der Waals surface area contributed by atoms with E-state index in [2.05, 4.69) is 21.0 Å². The third-order valence-electron chi connectivity index (χ3n) is 2.18. The maximum atomic E-state index is 5.83. The van der Waals surface area contributed by atoms with Crippen LogP contribution < -0.4 is 5.73 Å². The Labute approximate surface area is 89.8 Å². The summed E-state index contributed by atoms with van der Waals surface area (Å²) in [6.07, 6.45) is 5.02. The normalized spacial score (nSPS) is 13.0. The van der Waals surface area contributed by atoms with Crippen LogP contribution in [0.3, 0.4) is 0 Å². The van der Waals surface area contributed by atoms with E-state index >= 15 is 0 Å². The maximum Gasteiger partial charge on any atom is 0.136 e. The third kappa shape index (κ3) is 1.43. The molecule has 2 aromatic heterocycles. The predicted molar refractivity (Wildman–Crippen MR) is 56.9 cm³/mol. The van der Waals surface area contributed by atoms with E-state index in [1.807, 2.05) is 13.0 Å². The van der Waals surface area contributed by atoms with Gasteiger partial charge in [0.05, 0.1) is 29.2 Å². The molecule has 14 heavy (non-hydrogen) atoms. The smallest absolute Gasteiger partial charge is 0.136 e. The summed E-state index contributed by atoms with van der Waals surface area (Å²) in [6, 6.07) is 1.99. The van der Waals surface area contributed by atoms with Crippen molar-refractivity contribution in [2.24, 2.45) is 0 Å². The predicted octanol–water partition coefficient (Wildman–Crippen LogP) is 2.43. The highest BCUT2D eigenvalue weighted by Gasteiger charge is 2.13. The molecule has 4 nitrogen and oxygen atoms in total. The van der Waals surface area contributed by atoms with Crippen LogP contribution in [0.5, 0.6) is 0 Å². The van der Waals surface area contributed by atoms with Gasteiger partial charge in [-0.3, -0.25) is 0 Å². The minimum Gasteiger partial charge on any atom is -0.472 e. The van der Waals surface area contributed by atoms with E-state index in [4.69, 9.17) is 10.2 Å². The third-order valence-corrected chi connectivity index (χ3v) is 2.79. The van der Waals surface area contributed by atoms with Gasteiger partial charge in [0.25, 0.3) is 0 Å². The lowest BCUT2D eigenvalue weighted by molar-refractivity contribution is 0.537. The monoisotopic (exact) mass is 255 g/mol. The topological polar surface area (TPSA) is 57.0 Å². The molecule has 2 aromatic rings. The molecule has 2 N–H and O–H groups in total. The van der Waals surface area contributed by atoms with E-state index in [9.17, 15) is 0 Å². The molecule has 2 rings (SSSR count). The lowest BCUT2D eigenvalue weighted by atomic mass is 10.2. The summed E-state index contributed by atoms with van der Waals surface area (Å²) in [5.74, 6) is 0.624. The molecule has 1 atom stereocenters. The Morgan fingerprint density at radius 1 is 1.64 bits per heavy atom. The fourth-order valence-corrected chi connectivity index (χ4v) is 1.59. The van der Waals surface area contributed by atoms with Gasteiger partial charge in [0.15, 0.2) is 0 Å². The number of nitrogen functional groups attached to an aromatic ring is 1. The average molecular weight is 256 g/mol. The lowest BCUT2D eigenvalue weighted by Gasteiger charge is -2.11. The number of hydrogen-bond acceptors (Lipinski definition) is 3. The van der Waals surface area contributed by atoms with Crippen molar-refractivity contribution in [1.29, 1.82) is 0 Å². The summed E-state index contributed by atoms with van der Waals surface area (Å²) in [7, 11) is 0. The van der Waals surface area contributed by atoms with Crippen LogP contribution in [0.25, 0.3) is 0 Å². The van der Waals surface area contributed by atoms with Crippen molar-refractivity contribution < 1.29 is 4.42 Å². The Morgan fingerprint density at radius 2 is 2.43 bits per heavy atom. The van der Waals surface area contributed by atoms with Gasteiger partial charge < -0.3 is 10.2 Å². The Balaban J connectivity index is 2.36. The second-order valence-electron chi connectivity index (χ2n) is 3.05. The molecule has 0 radical (unpaired) electrons. The lowest BCUT2D eigenvalue weighted by Crippen LogP contribution is -2.10. The summed E-state index contributed by atoms with van der Waals surface area (Å²) in [5.41, 5.74) is 6.88. The Hall–Kier alpha value is -1.23. The molecule has 0 aliphatic rings. The Kier molecular flexibility index (Phi) is 2.33. The van der Waals surface area contributed by atoms with E-state index in [1.54, 1.807) is 23.4 Å². The van der Waals surface area contributed by atoms with Gasteiger partial charge in [-0.15, -0.1) is 0 Å². The maximum absolute atomic E-state index is 5.83. The first-order chi connectivity index (χ1) is 6.70. The number of rotatable bonds is 2. The van der Waals surface area contributed by atoms with Crippen LogP contribution in [0, 0.1) is 0 Å². The molecule has 0 aromatic carbocycles. The highest BCUT2D eigenvalue weighted by molar-refractivity contribution is 9.10. The van der Waals surface area contributed by atoms with Crippen LogP contribution in [0.4, 0.5) is 5.82 Å². The van der Waals surface area contributed by atoms with Crippen molar-refractivity contribution in [3.63, 3.8) is 0 Å². The van der Waals surface area contributed by atoms with Gasteiger partial charge in [0.1, 0.15) is 5.82 Å². The highest BCUT2D eigenvalue weighted by Crippen LogP contribution is 2.25. The summed E-state index contributed by atoms with van der Waals surface area (Å²) >= 11 is 3.32. The quantitative estimate of drug-likeness (QED) is 0.897. The van der Waals surface area contributed by atoms with Crippen LogP contribution in [0.2, 0.25) is 0 Å². The number of anilines is 1. The van der Waals surface area contributed by atoms with Gasteiger partial charge in [-0.1, -0.05) is 0 Å². The molecule has 0 aliphatic heterocycles. The number of nitrogens with zero attached hydrogens (tertiary/aromatic N) is 2. The zero-order valence-corrected chi connectivity index (χ0v) is 9.23. The van der Waals surface area contributed by atoms with Crippen LogP contribution in [-0.4, -0.2) is 9.78 Å². The first-order valence-electron chi connectivity index (χ1n) is 4.20. The first kappa shape index (κ1) is 9.33. The molecule has 1 unspecified atom stereocenters. The van der Waals surface area contributed by atoms with E-state index in [-0.39, 0.29) is 6.04 Å². The molecular weight excluding hydrogens is 246 g/mol. The fourth-order valence-electron chi connectivity index (χ4n) is 1.31. The standard InChI is InChI=1S/C9H10BrN3O/c1-6(7-2-3-14-5-7)13-9(11)8(10)4-12-13/h2-6H,11H2,1H3. The number of halogens is 1. The van der Waals surface area contributed by atoms with Crippen molar-refractivity contribution in [1.82, 2.24) is 9.78 Å². The van der Waals surface area contributed by atoms with Crippen molar-refractivity contribution in [3.8, 4) is 0 Å². The summed E-state index contributed by atoms with van der Waals surface area (Å²) in [5, 5.41) is 4.17. The second kappa shape index (κ2) is 3.49. The zero-order valence-electron chi connectivity index (χ0n) is 7.64. The molecule has 0 saturated carbocycles. The molecule has 0 fully saturated rings. The SMILES string of the molecule is CC(c1ccoc1)n1ncc(Br)c1N. The van der Waals surface area contributed by atoms with Gasteiger partial charge in [0.2, 0.25) is 0 Å². The minimum atomic E-state index is 0.0834. The minimum absolute atomic E-state index is 0.0834. The molecule has 5 heteroatoms. The molecule has 2 heterocycles. The zero-order chi connectivity index (χ0) is 10.1. The van der Waals surface area contributed by atoms with Gasteiger partial charge >= 0.3 is 0 Å². The molecular formula is C9H10BrN3O. The molecule has 0 saturated heterocycles. The molecule has 0 aliphatic carbocycles. The number of aromatic nitrogens is 2. The van der Waals surface area contributed by atoms with Crippen molar-refractivity contribution in [3.05, 3.63) is 34.8 Å². The Morgan fingerprint density at radius 3 is 2.93 bits per heavy atom. The van der Waals surface area contributed by atoms with Gasteiger partial charge in [-0.05, 0) is 28.9 Å². The van der Waals surface area contributed by atoms with E-state index < -0.39 is 0 Å². The van der Waals surface area contributed by atoms with Crippen molar-refractivity contribution in [2.45, 2.75) is 13.0 Å². The van der Waals surface area contributed by atoms with Gasteiger partial charge in [0, 0.05) is 5.56 Å². The molecule has 0 spiro atoms. The highest BCUT2D eigenvalue weighted by atomic mass is 79.9. The van der Waals surface area contributed by atoms with E-state index in [0.29, 0.717) is 5.82 Å². The van der Waals surface area contributed by atoms with Gasteiger partial charge in [-0.2, -0.15) is 5.10 Å². The number of nitrogens with two attached hydrogens (primary N) is 1. The summed E-state index contributed by atoms with van der Waals surface area (Å²) in [6.45, 7) is 2.01. The van der Waals surface area contributed by atoms with Crippen LogP contribution >= 0.6 is 15.9 Å². The molecule has 74 valence electrons. The van der Waals surface area contributed by atoms with Crippen LogP contribution in [0.1, 0.15) is 18.5 Å². The summed E-state index contributed by atoms with van der Waals surface area (Å²) in [4.78, 5) is 0. The summed E-state index contributed by atoms with van der Waals surface area (Å²) < 4.78 is 7.57. The molecule has 0 amide bonds. The second-order valence-corrected chi connectivity index (χ2v) is 3.91. The van der Waals surface area contributed by atoms with Crippen LogP contribution in [0.15, 0.2) is 33.7 Å². The van der Waals surface area contributed by atoms with E-state index in [0.717, 1.165) is 10.0 Å². The largest absolute Gasteiger partial charge is 0.472 e. The fraction of sp³-hybridized carbons (Fsp3) is 0.222. The number of furan rings is 1. The van der Waals surface area contributed by atoms with Crippen molar-refractivity contribution in [2.75, 3.05) is 5.73 Å². The van der Waals surface area contributed by atoms with Gasteiger partial charge in [-0.25, -0.2) is 4.68 Å². The van der Waals surface area contributed by atoms with E-state index in [1.165, 1.54) is 0 Å². The van der Waals surface area contributed by atoms with Crippen molar-refractivity contribution >= 4 is 21.7 Å². The average Bonchev–Trinajstić information content (AvgIpc) is 2.77. The Bertz CT molecular complexity index is 421.